The van der Waals surface area contributed by atoms with Crippen LogP contribution < -0.4 is 4.90 Å². The molecule has 1 aromatic heterocycles. The van der Waals surface area contributed by atoms with Crippen molar-refractivity contribution < 1.29 is 9.59 Å². The Labute approximate surface area is 176 Å². The Hall–Kier alpha value is -3.34. The van der Waals surface area contributed by atoms with Gasteiger partial charge < -0.3 is 14.4 Å². The van der Waals surface area contributed by atoms with Crippen LogP contribution in [0.4, 0.5) is 5.69 Å². The Morgan fingerprint density at radius 2 is 1.80 bits per heavy atom. The summed E-state index contributed by atoms with van der Waals surface area (Å²) in [5.74, 6) is 0.174. The topological polar surface area (TPSA) is 45.6 Å². The van der Waals surface area contributed by atoms with E-state index in [4.69, 9.17) is 0 Å². The van der Waals surface area contributed by atoms with Gasteiger partial charge in [0.05, 0.1) is 6.04 Å². The molecule has 2 aromatic carbocycles. The maximum atomic E-state index is 13.6. The Morgan fingerprint density at radius 3 is 2.60 bits per heavy atom. The molecule has 152 valence electrons. The molecule has 0 spiro atoms. The van der Waals surface area contributed by atoms with Crippen molar-refractivity contribution in [3.63, 3.8) is 0 Å². The van der Waals surface area contributed by atoms with Gasteiger partial charge in [0.25, 0.3) is 5.91 Å². The zero-order valence-corrected chi connectivity index (χ0v) is 17.1. The molecule has 0 unspecified atom stereocenters. The third kappa shape index (κ3) is 3.02. The lowest BCUT2D eigenvalue weighted by Gasteiger charge is -2.37. The number of rotatable bonds is 3. The number of fused-ring (bicyclic) bond motifs is 2. The van der Waals surface area contributed by atoms with E-state index in [1.54, 1.807) is 0 Å². The molecule has 3 aromatic rings. The fourth-order valence-electron chi connectivity index (χ4n) is 4.74. The summed E-state index contributed by atoms with van der Waals surface area (Å²) >= 11 is 0. The van der Waals surface area contributed by atoms with Gasteiger partial charge in [0.2, 0.25) is 5.91 Å². The maximum Gasteiger partial charge on any atom is 0.254 e. The summed E-state index contributed by atoms with van der Waals surface area (Å²) in [6.07, 6.45) is 3.38. The first-order valence-electron chi connectivity index (χ1n) is 10.6. The SMILES string of the molecule is CCC(=O)N1CCc2cc(C(=O)N3CCn4cccc4[C@H]3c3ccccc3)ccc21. The average molecular weight is 399 g/mol. The smallest absolute Gasteiger partial charge is 0.254 e. The second-order valence-corrected chi connectivity index (χ2v) is 7.93. The molecule has 5 heteroatoms. The summed E-state index contributed by atoms with van der Waals surface area (Å²) in [5.41, 5.74) is 4.98. The number of amides is 2. The number of carbonyl (C=O) groups is 2. The highest BCUT2D eigenvalue weighted by Crippen LogP contribution is 2.35. The molecular weight excluding hydrogens is 374 g/mol. The van der Waals surface area contributed by atoms with E-state index >= 15 is 0 Å². The van der Waals surface area contributed by atoms with Gasteiger partial charge in [-0.15, -0.1) is 0 Å². The maximum absolute atomic E-state index is 13.6. The van der Waals surface area contributed by atoms with Gasteiger partial charge in [0.1, 0.15) is 0 Å². The van der Waals surface area contributed by atoms with Crippen molar-refractivity contribution in [2.45, 2.75) is 32.4 Å². The number of anilines is 1. The Bertz CT molecular complexity index is 1100. The number of benzene rings is 2. The van der Waals surface area contributed by atoms with Crippen LogP contribution in [-0.2, 0) is 17.8 Å². The second kappa shape index (κ2) is 7.48. The van der Waals surface area contributed by atoms with E-state index in [-0.39, 0.29) is 17.9 Å². The third-order valence-corrected chi connectivity index (χ3v) is 6.24. The summed E-state index contributed by atoms with van der Waals surface area (Å²) in [5, 5.41) is 0. The molecule has 3 heterocycles. The fourth-order valence-corrected chi connectivity index (χ4v) is 4.74. The fraction of sp³-hybridized carbons (Fsp3) is 0.280. The molecule has 0 saturated carbocycles. The highest BCUT2D eigenvalue weighted by atomic mass is 16.2. The summed E-state index contributed by atoms with van der Waals surface area (Å²) in [6, 6.07) is 20.1. The molecule has 30 heavy (non-hydrogen) atoms. The second-order valence-electron chi connectivity index (χ2n) is 7.93. The number of nitrogens with zero attached hydrogens (tertiary/aromatic N) is 3. The van der Waals surface area contributed by atoms with Crippen molar-refractivity contribution in [2.24, 2.45) is 0 Å². The first kappa shape index (κ1) is 18.7. The Balaban J connectivity index is 1.49. The van der Waals surface area contributed by atoms with Crippen LogP contribution in [0.1, 0.15) is 46.6 Å². The van der Waals surface area contributed by atoms with E-state index in [1.807, 2.05) is 59.2 Å². The van der Waals surface area contributed by atoms with Gasteiger partial charge >= 0.3 is 0 Å². The number of hydrogen-bond donors (Lipinski definition) is 0. The van der Waals surface area contributed by atoms with Gasteiger partial charge in [-0.05, 0) is 47.9 Å². The van der Waals surface area contributed by atoms with Crippen LogP contribution >= 0.6 is 0 Å². The highest BCUT2D eigenvalue weighted by molar-refractivity contribution is 5.98. The summed E-state index contributed by atoms with van der Waals surface area (Å²) in [7, 11) is 0. The predicted octanol–water partition coefficient (Wildman–Crippen LogP) is 4.03. The largest absolute Gasteiger partial charge is 0.348 e. The molecular formula is C25H25N3O2. The van der Waals surface area contributed by atoms with Crippen molar-refractivity contribution >= 4 is 17.5 Å². The summed E-state index contributed by atoms with van der Waals surface area (Å²) < 4.78 is 2.23. The monoisotopic (exact) mass is 399 g/mol. The quantitative estimate of drug-likeness (QED) is 0.667. The van der Waals surface area contributed by atoms with E-state index in [0.717, 1.165) is 35.5 Å². The molecule has 2 aliphatic heterocycles. The first-order chi connectivity index (χ1) is 14.7. The average Bonchev–Trinajstić information content (AvgIpc) is 3.44. The van der Waals surface area contributed by atoms with Gasteiger partial charge in [-0.25, -0.2) is 0 Å². The summed E-state index contributed by atoms with van der Waals surface area (Å²) in [6.45, 7) is 4.04. The van der Waals surface area contributed by atoms with E-state index in [2.05, 4.69) is 29.0 Å². The normalized spacial score (nSPS) is 17.6. The minimum absolute atomic E-state index is 0.0411. The first-order valence-corrected chi connectivity index (χ1v) is 10.6. The zero-order chi connectivity index (χ0) is 20.7. The zero-order valence-electron chi connectivity index (χ0n) is 17.1. The molecule has 1 atom stereocenters. The van der Waals surface area contributed by atoms with Gasteiger partial charge in [-0.3, -0.25) is 9.59 Å². The standard InChI is InChI=1S/C25H25N3O2/c1-2-23(29)27-14-12-19-17-20(10-11-21(19)27)25(30)28-16-15-26-13-6-9-22(26)24(28)18-7-4-3-5-8-18/h3-11,13,17,24H,2,12,14-16H2,1H3/t24-/m1/s1. The lowest BCUT2D eigenvalue weighted by molar-refractivity contribution is -0.118. The molecule has 0 N–H and O–H groups in total. The Morgan fingerprint density at radius 1 is 0.967 bits per heavy atom. The lowest BCUT2D eigenvalue weighted by Crippen LogP contribution is -2.42. The molecule has 0 aliphatic carbocycles. The molecule has 0 fully saturated rings. The van der Waals surface area contributed by atoms with E-state index in [0.29, 0.717) is 25.1 Å². The predicted molar refractivity (Wildman–Crippen MR) is 117 cm³/mol. The number of aromatic nitrogens is 1. The van der Waals surface area contributed by atoms with Crippen molar-refractivity contribution in [1.29, 1.82) is 0 Å². The number of hydrogen-bond acceptors (Lipinski definition) is 2. The van der Waals surface area contributed by atoms with Crippen LogP contribution in [0.15, 0.2) is 66.9 Å². The van der Waals surface area contributed by atoms with E-state index in [1.165, 1.54) is 0 Å². The summed E-state index contributed by atoms with van der Waals surface area (Å²) in [4.78, 5) is 29.6. The van der Waals surface area contributed by atoms with Gasteiger partial charge in [0, 0.05) is 49.2 Å². The molecule has 0 saturated heterocycles. The van der Waals surface area contributed by atoms with Gasteiger partial charge in [0.15, 0.2) is 0 Å². The molecule has 0 radical (unpaired) electrons. The van der Waals surface area contributed by atoms with Crippen LogP contribution in [0, 0.1) is 0 Å². The number of carbonyl (C=O) groups excluding carboxylic acids is 2. The third-order valence-electron chi connectivity index (χ3n) is 6.24. The minimum atomic E-state index is -0.103. The highest BCUT2D eigenvalue weighted by Gasteiger charge is 2.33. The van der Waals surface area contributed by atoms with Crippen molar-refractivity contribution in [2.75, 3.05) is 18.0 Å². The molecule has 2 aliphatic rings. The lowest BCUT2D eigenvalue weighted by atomic mass is 9.98. The van der Waals surface area contributed by atoms with Crippen LogP contribution in [0.5, 0.6) is 0 Å². The molecule has 2 amide bonds. The molecule has 0 bridgehead atoms. The van der Waals surface area contributed by atoms with Crippen molar-refractivity contribution in [3.05, 3.63) is 89.2 Å². The van der Waals surface area contributed by atoms with E-state index in [9.17, 15) is 9.59 Å². The van der Waals surface area contributed by atoms with Crippen molar-refractivity contribution in [1.82, 2.24) is 9.47 Å². The van der Waals surface area contributed by atoms with Gasteiger partial charge in [-0.1, -0.05) is 37.3 Å². The molecule has 5 nitrogen and oxygen atoms in total. The van der Waals surface area contributed by atoms with Gasteiger partial charge in [-0.2, -0.15) is 0 Å². The van der Waals surface area contributed by atoms with Crippen LogP contribution in [-0.4, -0.2) is 34.4 Å². The van der Waals surface area contributed by atoms with Crippen LogP contribution in [0.3, 0.4) is 0 Å². The van der Waals surface area contributed by atoms with Crippen LogP contribution in [0.25, 0.3) is 0 Å². The van der Waals surface area contributed by atoms with E-state index < -0.39 is 0 Å². The minimum Gasteiger partial charge on any atom is -0.348 e. The van der Waals surface area contributed by atoms with Crippen molar-refractivity contribution in [3.8, 4) is 0 Å². The molecule has 5 rings (SSSR count). The van der Waals surface area contributed by atoms with Crippen LogP contribution in [0.2, 0.25) is 0 Å². The Kier molecular flexibility index (Phi) is 4.66.